The van der Waals surface area contributed by atoms with E-state index in [1.807, 2.05) is 85.5 Å². The molecule has 4 aromatic rings. The summed E-state index contributed by atoms with van der Waals surface area (Å²) in [6.45, 7) is 4.31. The van der Waals surface area contributed by atoms with Crippen LogP contribution in [0.4, 0.5) is 4.39 Å². The lowest BCUT2D eigenvalue weighted by molar-refractivity contribution is -0.134. The molecule has 0 aliphatic rings. The van der Waals surface area contributed by atoms with Gasteiger partial charge in [0.2, 0.25) is 5.91 Å². The van der Waals surface area contributed by atoms with Gasteiger partial charge in [-0.2, -0.15) is 8.42 Å². The third-order valence-electron chi connectivity index (χ3n) is 6.48. The fourth-order valence-electron chi connectivity index (χ4n) is 4.27. The number of carbonyl (C=O) groups excluding carboxylic acids is 1. The van der Waals surface area contributed by atoms with Crippen LogP contribution in [0.3, 0.4) is 0 Å². The Balaban J connectivity index is 1.63. The lowest BCUT2D eigenvalue weighted by Gasteiger charge is -2.33. The first kappa shape index (κ1) is 27.1. The summed E-state index contributed by atoms with van der Waals surface area (Å²) in [6.07, 6.45) is 0.747. The van der Waals surface area contributed by atoms with Gasteiger partial charge in [0.25, 0.3) is 0 Å². The van der Waals surface area contributed by atoms with Crippen LogP contribution in [-0.2, 0) is 21.5 Å². The summed E-state index contributed by atoms with van der Waals surface area (Å²) in [4.78, 5) is 15.8. The number of rotatable bonds is 10. The highest BCUT2D eigenvalue weighted by molar-refractivity contribution is 7.87. The van der Waals surface area contributed by atoms with Gasteiger partial charge in [0.15, 0.2) is 0 Å². The van der Waals surface area contributed by atoms with Gasteiger partial charge in [-0.05, 0) is 66.4 Å². The predicted octanol–water partition coefficient (Wildman–Crippen LogP) is 6.55. The molecule has 1 amide bonds. The number of halogens is 1. The minimum Gasteiger partial charge on any atom is -0.379 e. The first-order valence-electron chi connectivity index (χ1n) is 12.5. The fourth-order valence-corrected chi connectivity index (χ4v) is 5.20. The van der Waals surface area contributed by atoms with Crippen LogP contribution < -0.4 is 4.18 Å². The molecule has 7 heteroatoms. The maximum atomic E-state index is 14.1. The van der Waals surface area contributed by atoms with Crippen molar-refractivity contribution in [3.8, 4) is 5.75 Å². The second-order valence-electron chi connectivity index (χ2n) is 9.12. The standard InChI is InChI=1S/C31H30FNO4S/c1-3-23(2)33(31(34)30(25-12-6-4-7-13-25)26-14-8-5-9-15-26)22-24-11-10-16-28(21-24)37-38(35,36)29-19-17-27(32)18-20-29/h4-21,23,30H,3,22H2,1-2H3/t23-/m0/s1. The van der Waals surface area contributed by atoms with Gasteiger partial charge >= 0.3 is 10.1 Å². The van der Waals surface area contributed by atoms with E-state index in [4.69, 9.17) is 4.18 Å². The molecule has 4 aromatic carbocycles. The van der Waals surface area contributed by atoms with E-state index in [1.165, 1.54) is 6.07 Å². The Hall–Kier alpha value is -3.97. The molecule has 0 spiro atoms. The van der Waals surface area contributed by atoms with E-state index in [0.29, 0.717) is 0 Å². The van der Waals surface area contributed by atoms with Gasteiger partial charge in [0.05, 0.1) is 5.92 Å². The second kappa shape index (κ2) is 12.0. The lowest BCUT2D eigenvalue weighted by atomic mass is 9.89. The molecule has 0 aliphatic heterocycles. The first-order chi connectivity index (χ1) is 18.3. The van der Waals surface area contributed by atoms with Gasteiger partial charge in [0.1, 0.15) is 16.5 Å². The molecule has 38 heavy (non-hydrogen) atoms. The fraction of sp³-hybridized carbons (Fsp3) is 0.194. The van der Waals surface area contributed by atoms with Gasteiger partial charge in [0, 0.05) is 12.6 Å². The number of hydrogen-bond acceptors (Lipinski definition) is 4. The van der Waals surface area contributed by atoms with Crippen molar-refractivity contribution < 1.29 is 21.8 Å². The summed E-state index contributed by atoms with van der Waals surface area (Å²) in [5, 5.41) is 0. The van der Waals surface area contributed by atoms with Crippen molar-refractivity contribution in [2.45, 2.75) is 43.7 Å². The quantitative estimate of drug-likeness (QED) is 0.218. The Morgan fingerprint density at radius 3 is 1.97 bits per heavy atom. The maximum Gasteiger partial charge on any atom is 0.339 e. The van der Waals surface area contributed by atoms with Crippen LogP contribution in [0.1, 0.15) is 42.9 Å². The zero-order chi connectivity index (χ0) is 27.1. The Morgan fingerprint density at radius 2 is 1.42 bits per heavy atom. The Morgan fingerprint density at radius 1 is 0.842 bits per heavy atom. The summed E-state index contributed by atoms with van der Waals surface area (Å²) < 4.78 is 44.0. The molecule has 0 radical (unpaired) electrons. The molecule has 0 unspecified atom stereocenters. The van der Waals surface area contributed by atoms with Crippen LogP contribution in [-0.4, -0.2) is 25.3 Å². The number of hydrogen-bond donors (Lipinski definition) is 0. The minimum absolute atomic E-state index is 0.0398. The van der Waals surface area contributed by atoms with Crippen LogP contribution in [0.15, 0.2) is 114 Å². The van der Waals surface area contributed by atoms with E-state index < -0.39 is 21.9 Å². The van der Waals surface area contributed by atoms with Crippen molar-refractivity contribution in [1.29, 1.82) is 0 Å². The topological polar surface area (TPSA) is 63.7 Å². The van der Waals surface area contributed by atoms with Gasteiger partial charge in [-0.3, -0.25) is 4.79 Å². The third kappa shape index (κ3) is 6.47. The third-order valence-corrected chi connectivity index (χ3v) is 7.74. The molecular formula is C31H30FNO4S. The van der Waals surface area contributed by atoms with Crippen molar-refractivity contribution in [3.05, 3.63) is 132 Å². The average Bonchev–Trinajstić information content (AvgIpc) is 2.93. The monoisotopic (exact) mass is 531 g/mol. The molecule has 5 nitrogen and oxygen atoms in total. The van der Waals surface area contributed by atoms with E-state index in [2.05, 4.69) is 0 Å². The number of benzene rings is 4. The number of carbonyl (C=O) groups is 1. The van der Waals surface area contributed by atoms with E-state index >= 15 is 0 Å². The number of amides is 1. The highest BCUT2D eigenvalue weighted by Gasteiger charge is 2.30. The Labute approximate surface area is 223 Å². The van der Waals surface area contributed by atoms with Gasteiger partial charge in [-0.15, -0.1) is 0 Å². The molecule has 196 valence electrons. The Kier molecular flexibility index (Phi) is 8.59. The first-order valence-corrected chi connectivity index (χ1v) is 13.9. The molecule has 0 bridgehead atoms. The largest absolute Gasteiger partial charge is 0.379 e. The summed E-state index contributed by atoms with van der Waals surface area (Å²) >= 11 is 0. The molecule has 0 aliphatic carbocycles. The molecule has 0 saturated carbocycles. The van der Waals surface area contributed by atoms with Crippen LogP contribution in [0.2, 0.25) is 0 Å². The zero-order valence-electron chi connectivity index (χ0n) is 21.3. The molecule has 0 saturated heterocycles. The van der Waals surface area contributed by atoms with E-state index in [0.717, 1.165) is 47.4 Å². The van der Waals surface area contributed by atoms with Gasteiger partial charge < -0.3 is 9.08 Å². The SMILES string of the molecule is CC[C@H](C)N(Cc1cccc(OS(=O)(=O)c2ccc(F)cc2)c1)C(=O)C(c1ccccc1)c1ccccc1. The van der Waals surface area contributed by atoms with Crippen molar-refractivity contribution in [2.75, 3.05) is 0 Å². The normalized spacial score (nSPS) is 12.2. The van der Waals surface area contributed by atoms with Crippen LogP contribution in [0.25, 0.3) is 0 Å². The van der Waals surface area contributed by atoms with E-state index in [9.17, 15) is 17.6 Å². The molecule has 0 fully saturated rings. The Bertz CT molecular complexity index is 1420. The van der Waals surface area contributed by atoms with E-state index in [-0.39, 0.29) is 29.1 Å². The molecule has 0 heterocycles. The van der Waals surface area contributed by atoms with Crippen LogP contribution >= 0.6 is 0 Å². The van der Waals surface area contributed by atoms with Gasteiger partial charge in [-0.1, -0.05) is 79.7 Å². The highest BCUT2D eigenvalue weighted by atomic mass is 32.2. The van der Waals surface area contributed by atoms with Crippen molar-refractivity contribution in [2.24, 2.45) is 0 Å². The summed E-state index contributed by atoms with van der Waals surface area (Å²) in [5.74, 6) is -0.942. The number of nitrogens with zero attached hydrogens (tertiary/aromatic N) is 1. The van der Waals surface area contributed by atoms with Gasteiger partial charge in [-0.25, -0.2) is 4.39 Å². The second-order valence-corrected chi connectivity index (χ2v) is 10.7. The molecule has 4 rings (SSSR count). The maximum absolute atomic E-state index is 14.1. The highest BCUT2D eigenvalue weighted by Crippen LogP contribution is 2.29. The predicted molar refractivity (Wildman–Crippen MR) is 146 cm³/mol. The summed E-state index contributed by atoms with van der Waals surface area (Å²) in [7, 11) is -4.15. The van der Waals surface area contributed by atoms with Crippen LogP contribution in [0.5, 0.6) is 5.75 Å². The van der Waals surface area contributed by atoms with Crippen molar-refractivity contribution >= 4 is 16.0 Å². The van der Waals surface area contributed by atoms with Crippen LogP contribution in [0, 0.1) is 5.82 Å². The summed E-state index contributed by atoms with van der Waals surface area (Å²) in [6, 6.07) is 30.4. The zero-order valence-corrected chi connectivity index (χ0v) is 22.1. The van der Waals surface area contributed by atoms with Crippen molar-refractivity contribution in [1.82, 2.24) is 4.90 Å². The summed E-state index contributed by atoms with van der Waals surface area (Å²) in [5.41, 5.74) is 2.53. The molecule has 0 aromatic heterocycles. The lowest BCUT2D eigenvalue weighted by Crippen LogP contribution is -2.41. The molecule has 1 atom stereocenters. The van der Waals surface area contributed by atoms with Crippen molar-refractivity contribution in [3.63, 3.8) is 0 Å². The smallest absolute Gasteiger partial charge is 0.339 e. The van der Waals surface area contributed by atoms with E-state index in [1.54, 1.807) is 12.1 Å². The molecular weight excluding hydrogens is 501 g/mol. The molecule has 0 N–H and O–H groups in total. The average molecular weight is 532 g/mol. The minimum atomic E-state index is -4.15.